The molecule has 10 heteroatoms. The molecule has 1 aromatic heterocycles. The van der Waals surface area contributed by atoms with E-state index in [0.717, 1.165) is 10.6 Å². The Balaban J connectivity index is 1.90. The molecule has 178 valence electrons. The van der Waals surface area contributed by atoms with E-state index in [-0.39, 0.29) is 30.9 Å². The molecule has 1 N–H and O–H groups in total. The molecule has 34 heavy (non-hydrogen) atoms. The summed E-state index contributed by atoms with van der Waals surface area (Å²) in [5.41, 5.74) is 0.00257. The van der Waals surface area contributed by atoms with E-state index in [9.17, 15) is 22.8 Å². The predicted molar refractivity (Wildman–Crippen MR) is 124 cm³/mol. The van der Waals surface area contributed by atoms with Crippen molar-refractivity contribution >= 4 is 35.4 Å². The first kappa shape index (κ1) is 24.3. The first-order valence-corrected chi connectivity index (χ1v) is 11.2. The molecule has 2 aromatic carbocycles. The van der Waals surface area contributed by atoms with E-state index in [0.29, 0.717) is 34.0 Å². The minimum absolute atomic E-state index is 0.0616. The number of carbonyl (C=O) groups excluding carboxylic acids is 2. The van der Waals surface area contributed by atoms with Gasteiger partial charge in [-0.2, -0.15) is 13.2 Å². The van der Waals surface area contributed by atoms with E-state index in [4.69, 9.17) is 23.2 Å². The Morgan fingerprint density at radius 2 is 1.82 bits per heavy atom. The Bertz CT molecular complexity index is 1210. The van der Waals surface area contributed by atoms with Crippen LogP contribution in [-0.4, -0.2) is 47.3 Å². The van der Waals surface area contributed by atoms with Crippen LogP contribution in [0.2, 0.25) is 10.0 Å². The van der Waals surface area contributed by atoms with Crippen LogP contribution in [0.4, 0.5) is 13.2 Å². The summed E-state index contributed by atoms with van der Waals surface area (Å²) in [7, 11) is 0. The van der Waals surface area contributed by atoms with Crippen LogP contribution in [0, 0.1) is 0 Å². The van der Waals surface area contributed by atoms with Gasteiger partial charge in [-0.15, -0.1) is 0 Å². The number of aldehydes is 1. The lowest BCUT2D eigenvalue weighted by Crippen LogP contribution is -2.53. The van der Waals surface area contributed by atoms with Crippen LogP contribution >= 0.6 is 23.2 Å². The van der Waals surface area contributed by atoms with Gasteiger partial charge < -0.3 is 19.6 Å². The number of amides is 1. The molecule has 1 saturated heterocycles. The zero-order chi connectivity index (χ0) is 24.5. The van der Waals surface area contributed by atoms with Gasteiger partial charge in [0.2, 0.25) is 0 Å². The number of rotatable bonds is 5. The highest BCUT2D eigenvalue weighted by Gasteiger charge is 2.39. The molecular formula is C24H20Cl2F3N3O2. The zero-order valence-corrected chi connectivity index (χ0v) is 19.3. The van der Waals surface area contributed by atoms with Crippen molar-refractivity contribution in [2.24, 2.45) is 0 Å². The molecule has 3 aromatic rings. The molecule has 1 aliphatic heterocycles. The highest BCUT2D eigenvalue weighted by Crippen LogP contribution is 2.38. The van der Waals surface area contributed by atoms with E-state index >= 15 is 0 Å². The molecule has 0 aliphatic carbocycles. The molecule has 4 rings (SSSR count). The fourth-order valence-corrected chi connectivity index (χ4v) is 4.39. The van der Waals surface area contributed by atoms with Crippen molar-refractivity contribution in [3.8, 4) is 11.1 Å². The summed E-state index contributed by atoms with van der Waals surface area (Å²) < 4.78 is 43.5. The number of benzene rings is 2. The van der Waals surface area contributed by atoms with Crippen molar-refractivity contribution in [1.82, 2.24) is 14.8 Å². The quantitative estimate of drug-likeness (QED) is 0.484. The van der Waals surface area contributed by atoms with Crippen molar-refractivity contribution in [3.63, 3.8) is 0 Å². The monoisotopic (exact) mass is 509 g/mol. The van der Waals surface area contributed by atoms with Gasteiger partial charge in [-0.25, -0.2) is 0 Å². The normalized spacial score (nSPS) is 16.5. The van der Waals surface area contributed by atoms with Gasteiger partial charge in [0.05, 0.1) is 6.04 Å². The van der Waals surface area contributed by atoms with E-state index < -0.39 is 23.8 Å². The number of nitrogens with one attached hydrogen (secondary N) is 1. The number of halogens is 5. The summed E-state index contributed by atoms with van der Waals surface area (Å²) in [5, 5.41) is 3.76. The first-order valence-electron chi connectivity index (χ1n) is 10.5. The van der Waals surface area contributed by atoms with Gasteiger partial charge in [0.15, 0.2) is 0 Å². The minimum Gasteiger partial charge on any atom is -0.334 e. The van der Waals surface area contributed by atoms with Gasteiger partial charge in [0, 0.05) is 41.8 Å². The van der Waals surface area contributed by atoms with Crippen molar-refractivity contribution in [2.45, 2.75) is 18.8 Å². The second kappa shape index (κ2) is 9.82. The molecule has 0 spiro atoms. The number of alkyl halides is 3. The summed E-state index contributed by atoms with van der Waals surface area (Å²) >= 11 is 12.0. The molecule has 1 aliphatic rings. The molecule has 0 radical (unpaired) electrons. The van der Waals surface area contributed by atoms with Crippen LogP contribution in [-0.2, 0) is 17.5 Å². The molecule has 1 amide bonds. The van der Waals surface area contributed by atoms with E-state index in [1.165, 1.54) is 4.90 Å². The van der Waals surface area contributed by atoms with Gasteiger partial charge in [-0.1, -0.05) is 47.5 Å². The molecule has 1 unspecified atom stereocenters. The van der Waals surface area contributed by atoms with E-state index in [1.807, 2.05) is 0 Å². The maximum absolute atomic E-state index is 14.2. The van der Waals surface area contributed by atoms with Crippen molar-refractivity contribution in [1.29, 1.82) is 0 Å². The summed E-state index contributed by atoms with van der Waals surface area (Å²) in [5.74, 6) is -0.587. The van der Waals surface area contributed by atoms with Crippen LogP contribution in [0.15, 0.2) is 54.6 Å². The molecule has 0 saturated carbocycles. The Labute approximate surface area is 204 Å². The lowest BCUT2D eigenvalue weighted by molar-refractivity contribution is -0.143. The molecule has 1 fully saturated rings. The SMILES string of the molecule is O=CC1CN(C(=O)c2c(-c3ccc(Cl)cc3)cc(C(F)(F)F)n2Cc2cccc(Cl)c2)CCN1. The third kappa shape index (κ3) is 5.14. The van der Waals surface area contributed by atoms with Gasteiger partial charge >= 0.3 is 6.18 Å². The smallest absolute Gasteiger partial charge is 0.334 e. The van der Waals surface area contributed by atoms with Crippen LogP contribution < -0.4 is 5.32 Å². The summed E-state index contributed by atoms with van der Waals surface area (Å²) in [4.78, 5) is 26.4. The number of nitrogens with zero attached hydrogens (tertiary/aromatic N) is 2. The van der Waals surface area contributed by atoms with Gasteiger partial charge in [-0.3, -0.25) is 4.79 Å². The van der Waals surface area contributed by atoms with Crippen LogP contribution in [0.3, 0.4) is 0 Å². The van der Waals surface area contributed by atoms with E-state index in [1.54, 1.807) is 48.5 Å². The highest BCUT2D eigenvalue weighted by atomic mass is 35.5. The van der Waals surface area contributed by atoms with Gasteiger partial charge in [0.25, 0.3) is 5.91 Å². The molecule has 1 atom stereocenters. The standard InChI is InChI=1S/C24H20Cl2F3N3O2/c25-17-6-4-16(5-7-17)20-11-21(24(27,28)29)32(12-15-2-1-3-18(26)10-15)22(20)23(34)31-9-8-30-19(13-31)14-33/h1-7,10-11,14,19,30H,8-9,12-13H2. The fraction of sp³-hybridized carbons (Fsp3) is 0.250. The molecule has 5 nitrogen and oxygen atoms in total. The Morgan fingerprint density at radius 3 is 2.47 bits per heavy atom. The lowest BCUT2D eigenvalue weighted by Gasteiger charge is -2.32. The average Bonchev–Trinajstić information content (AvgIpc) is 3.18. The number of aromatic nitrogens is 1. The Morgan fingerprint density at radius 1 is 1.09 bits per heavy atom. The van der Waals surface area contributed by atoms with Crippen molar-refractivity contribution in [3.05, 3.63) is 81.6 Å². The number of hydrogen-bond donors (Lipinski definition) is 1. The fourth-order valence-electron chi connectivity index (χ4n) is 4.05. The van der Waals surface area contributed by atoms with E-state index in [2.05, 4.69) is 5.32 Å². The molecular weight excluding hydrogens is 490 g/mol. The maximum atomic E-state index is 14.2. The summed E-state index contributed by atoms with van der Waals surface area (Å²) in [6, 6.07) is 13.1. The maximum Gasteiger partial charge on any atom is 0.431 e. The highest BCUT2D eigenvalue weighted by molar-refractivity contribution is 6.30. The van der Waals surface area contributed by atoms with Gasteiger partial charge in [-0.05, 0) is 41.5 Å². The minimum atomic E-state index is -4.72. The topological polar surface area (TPSA) is 54.3 Å². The van der Waals surface area contributed by atoms with Crippen molar-refractivity contribution < 1.29 is 22.8 Å². The summed E-state index contributed by atoms with van der Waals surface area (Å²) in [6.45, 7) is 0.457. The first-order chi connectivity index (χ1) is 16.2. The largest absolute Gasteiger partial charge is 0.431 e. The lowest BCUT2D eigenvalue weighted by atomic mass is 10.0. The summed E-state index contributed by atoms with van der Waals surface area (Å²) in [6.07, 6.45) is -4.03. The number of hydrogen-bond acceptors (Lipinski definition) is 3. The van der Waals surface area contributed by atoms with Crippen molar-refractivity contribution in [2.75, 3.05) is 19.6 Å². The molecule has 0 bridgehead atoms. The zero-order valence-electron chi connectivity index (χ0n) is 17.8. The van der Waals surface area contributed by atoms with Crippen LogP contribution in [0.5, 0.6) is 0 Å². The van der Waals surface area contributed by atoms with Crippen LogP contribution in [0.25, 0.3) is 11.1 Å². The van der Waals surface area contributed by atoms with Crippen LogP contribution in [0.1, 0.15) is 21.7 Å². The Kier molecular flexibility index (Phi) is 7.02. The Hall–Kier alpha value is -2.81. The number of piperazine rings is 1. The predicted octanol–water partition coefficient (Wildman–Crippen LogP) is 5.14. The number of carbonyl (C=O) groups is 2. The second-order valence-electron chi connectivity index (χ2n) is 7.96. The molecule has 2 heterocycles. The second-order valence-corrected chi connectivity index (χ2v) is 8.83. The third-order valence-corrected chi connectivity index (χ3v) is 6.12. The average molecular weight is 510 g/mol. The van der Waals surface area contributed by atoms with Gasteiger partial charge in [0.1, 0.15) is 17.7 Å². The third-order valence-electron chi connectivity index (χ3n) is 5.63.